The number of primary sulfonamides is 1. The van der Waals surface area contributed by atoms with Crippen molar-refractivity contribution in [2.45, 2.75) is 5.03 Å². The van der Waals surface area contributed by atoms with Gasteiger partial charge in [0.2, 0.25) is 0 Å². The van der Waals surface area contributed by atoms with Crippen LogP contribution in [0.5, 0.6) is 0 Å². The van der Waals surface area contributed by atoms with Crippen LogP contribution in [0.4, 0.5) is 0 Å². The zero-order chi connectivity index (χ0) is 12.6. The number of nitrogens with two attached hydrogens (primary N) is 1. The van der Waals surface area contributed by atoms with E-state index in [0.717, 1.165) is 4.68 Å². The second-order valence-corrected chi connectivity index (χ2v) is 5.05. The molecule has 0 fully saturated rings. The molecular formula is C7H9ClN4O4S. The monoisotopic (exact) mass is 280 g/mol. The second-order valence-electron chi connectivity index (χ2n) is 3.22. The third-order valence-electron chi connectivity index (χ3n) is 2.00. The largest absolute Gasteiger partial charge is 0.471 e. The molecule has 1 aromatic heterocycles. The summed E-state index contributed by atoms with van der Waals surface area (Å²) in [6, 6.07) is 0. The number of nitrogens with zero attached hydrogens (tertiary/aromatic N) is 3. The lowest BCUT2D eigenvalue weighted by Gasteiger charge is -2.13. The Morgan fingerprint density at radius 2 is 2.18 bits per heavy atom. The first-order valence-electron chi connectivity index (χ1n) is 4.49. The smallest absolute Gasteiger partial charge is 0.263 e. The minimum absolute atomic E-state index is 0.0105. The van der Waals surface area contributed by atoms with Crippen molar-refractivity contribution in [3.05, 3.63) is 10.7 Å². The molecule has 0 radical (unpaired) electrons. The Bertz CT molecular complexity index is 579. The predicted molar refractivity (Wildman–Crippen MR) is 58.0 cm³/mol. The van der Waals surface area contributed by atoms with E-state index >= 15 is 0 Å². The molecule has 2 rings (SSSR count). The molecule has 0 saturated heterocycles. The minimum Gasteiger partial charge on any atom is -0.471 e. The number of aromatic nitrogens is 2. The first kappa shape index (κ1) is 12.1. The average Bonchev–Trinajstić information content (AvgIpc) is 2.54. The highest BCUT2D eigenvalue weighted by Crippen LogP contribution is 2.24. The van der Waals surface area contributed by atoms with Gasteiger partial charge in [0.15, 0.2) is 16.8 Å². The molecule has 0 spiro atoms. The van der Waals surface area contributed by atoms with Gasteiger partial charge in [0.05, 0.1) is 0 Å². The number of aryl methyl sites for hydroxylation is 1. The fraction of sp³-hybridized carbons (Fsp3) is 0.429. The van der Waals surface area contributed by atoms with Gasteiger partial charge in [0.25, 0.3) is 15.9 Å². The summed E-state index contributed by atoms with van der Waals surface area (Å²) >= 11 is 5.82. The van der Waals surface area contributed by atoms with Crippen LogP contribution in [-0.4, -0.2) is 37.3 Å². The Balaban J connectivity index is 2.64. The van der Waals surface area contributed by atoms with Gasteiger partial charge in [0, 0.05) is 7.05 Å². The van der Waals surface area contributed by atoms with Gasteiger partial charge in [-0.25, -0.2) is 13.6 Å². The molecule has 1 aromatic rings. The zero-order valence-electron chi connectivity index (χ0n) is 8.75. The van der Waals surface area contributed by atoms with E-state index in [9.17, 15) is 8.42 Å². The summed E-state index contributed by atoms with van der Waals surface area (Å²) in [6.07, 6.45) is 0. The van der Waals surface area contributed by atoms with Crippen LogP contribution in [0.2, 0.25) is 5.15 Å². The molecular weight excluding hydrogens is 272 g/mol. The Hall–Kier alpha value is -1.32. The van der Waals surface area contributed by atoms with Crippen molar-refractivity contribution in [2.24, 2.45) is 17.3 Å². The number of hydrogen-bond acceptors (Lipinski definition) is 6. The molecule has 2 N–H and O–H groups in total. The highest BCUT2D eigenvalue weighted by atomic mass is 35.5. The molecule has 0 amide bonds. The fourth-order valence-corrected chi connectivity index (χ4v) is 2.62. The molecule has 94 valence electrons. The number of halogens is 1. The molecule has 0 atom stereocenters. The number of hydrogen-bond donors (Lipinski definition) is 1. The van der Waals surface area contributed by atoms with E-state index in [1.54, 1.807) is 0 Å². The molecule has 10 heteroatoms. The average molecular weight is 281 g/mol. The number of sulfonamides is 1. The summed E-state index contributed by atoms with van der Waals surface area (Å²) in [5, 5.41) is 12.1. The van der Waals surface area contributed by atoms with Crippen molar-refractivity contribution in [3.63, 3.8) is 0 Å². The van der Waals surface area contributed by atoms with Crippen molar-refractivity contribution in [3.8, 4) is 0 Å². The van der Waals surface area contributed by atoms with Crippen LogP contribution in [0.3, 0.4) is 0 Å². The summed E-state index contributed by atoms with van der Waals surface area (Å²) in [5.74, 6) is -0.0432. The highest BCUT2D eigenvalue weighted by molar-refractivity contribution is 7.89. The van der Waals surface area contributed by atoms with Crippen LogP contribution in [0, 0.1) is 0 Å². The van der Waals surface area contributed by atoms with Crippen molar-refractivity contribution >= 4 is 27.5 Å². The van der Waals surface area contributed by atoms with E-state index in [-0.39, 0.29) is 34.9 Å². The fourth-order valence-electron chi connectivity index (χ4n) is 1.41. The van der Waals surface area contributed by atoms with Crippen LogP contribution in [0.1, 0.15) is 5.56 Å². The highest BCUT2D eigenvalue weighted by Gasteiger charge is 2.29. The van der Waals surface area contributed by atoms with E-state index in [1.807, 2.05) is 0 Å². The van der Waals surface area contributed by atoms with E-state index in [4.69, 9.17) is 26.3 Å². The second kappa shape index (κ2) is 4.17. The summed E-state index contributed by atoms with van der Waals surface area (Å²) in [4.78, 5) is 4.80. The summed E-state index contributed by atoms with van der Waals surface area (Å²) in [7, 11) is -2.59. The Morgan fingerprint density at radius 3 is 2.71 bits per heavy atom. The van der Waals surface area contributed by atoms with Gasteiger partial charge in [-0.3, -0.25) is 4.68 Å². The molecule has 0 aromatic carbocycles. The van der Waals surface area contributed by atoms with E-state index in [2.05, 4.69) is 10.3 Å². The van der Waals surface area contributed by atoms with Gasteiger partial charge in [-0.05, 0) is 5.16 Å². The van der Waals surface area contributed by atoms with Crippen LogP contribution in [0.25, 0.3) is 0 Å². The normalized spacial score (nSPS) is 16.1. The molecule has 0 saturated carbocycles. The van der Waals surface area contributed by atoms with Crippen molar-refractivity contribution in [1.29, 1.82) is 0 Å². The van der Waals surface area contributed by atoms with E-state index in [1.165, 1.54) is 7.05 Å². The number of oxime groups is 1. The number of ether oxygens (including phenoxy) is 1. The lowest BCUT2D eigenvalue weighted by atomic mass is 10.3. The topological polar surface area (TPSA) is 109 Å². The minimum atomic E-state index is -3.99. The van der Waals surface area contributed by atoms with Gasteiger partial charge in [-0.1, -0.05) is 11.6 Å². The summed E-state index contributed by atoms with van der Waals surface area (Å²) in [6.45, 7) is 0.528. The van der Waals surface area contributed by atoms with Crippen molar-refractivity contribution in [1.82, 2.24) is 9.78 Å². The Labute approximate surface area is 102 Å². The van der Waals surface area contributed by atoms with Gasteiger partial charge in [-0.2, -0.15) is 5.10 Å². The third-order valence-corrected chi connectivity index (χ3v) is 3.27. The van der Waals surface area contributed by atoms with Crippen LogP contribution < -0.4 is 5.14 Å². The molecule has 1 aliphatic heterocycles. The van der Waals surface area contributed by atoms with Crippen LogP contribution in [0.15, 0.2) is 10.2 Å². The third kappa shape index (κ3) is 2.21. The van der Waals surface area contributed by atoms with Gasteiger partial charge in [-0.15, -0.1) is 0 Å². The van der Waals surface area contributed by atoms with Crippen LogP contribution in [-0.2, 0) is 26.6 Å². The van der Waals surface area contributed by atoms with Crippen LogP contribution >= 0.6 is 11.6 Å². The predicted octanol–water partition coefficient (Wildman–Crippen LogP) is -0.571. The lowest BCUT2D eigenvalue weighted by Crippen LogP contribution is -2.23. The Morgan fingerprint density at radius 1 is 1.47 bits per heavy atom. The van der Waals surface area contributed by atoms with E-state index < -0.39 is 10.0 Å². The molecule has 0 aliphatic carbocycles. The van der Waals surface area contributed by atoms with Crippen molar-refractivity contribution < 1.29 is 18.0 Å². The Kier molecular flexibility index (Phi) is 2.98. The zero-order valence-corrected chi connectivity index (χ0v) is 10.3. The summed E-state index contributed by atoms with van der Waals surface area (Å²) < 4.78 is 29.1. The van der Waals surface area contributed by atoms with Gasteiger partial charge >= 0.3 is 0 Å². The molecule has 0 unspecified atom stereocenters. The first-order chi connectivity index (χ1) is 7.91. The maximum Gasteiger partial charge on any atom is 0.263 e. The molecule has 17 heavy (non-hydrogen) atoms. The first-order valence-corrected chi connectivity index (χ1v) is 6.42. The quantitative estimate of drug-likeness (QED) is 0.780. The molecule has 2 heterocycles. The number of rotatable bonds is 2. The van der Waals surface area contributed by atoms with Gasteiger partial charge in [0.1, 0.15) is 12.2 Å². The van der Waals surface area contributed by atoms with Crippen molar-refractivity contribution in [2.75, 3.05) is 13.2 Å². The molecule has 1 aliphatic rings. The standard InChI is InChI=1S/C7H9ClN4O4S/c1-12-7(17(9,13)14)4(5(8)10-12)6-11-16-3-2-15-6/h2-3H2,1H3,(H2,9,13,14). The van der Waals surface area contributed by atoms with E-state index in [0.29, 0.717) is 0 Å². The summed E-state index contributed by atoms with van der Waals surface area (Å²) in [5.41, 5.74) is 0.0105. The maximum atomic E-state index is 11.4. The SMILES string of the molecule is Cn1nc(Cl)c(C2=NOCCO2)c1S(N)(=O)=O. The molecule has 0 bridgehead atoms. The lowest BCUT2D eigenvalue weighted by molar-refractivity contribution is 0.0653. The molecule has 8 nitrogen and oxygen atoms in total. The maximum absolute atomic E-state index is 11.4. The van der Waals surface area contributed by atoms with Gasteiger partial charge < -0.3 is 9.57 Å².